The third kappa shape index (κ3) is 8.25. The van der Waals surface area contributed by atoms with Gasteiger partial charge in [0.25, 0.3) is 0 Å². The number of halogens is 3. The normalized spacial score (nSPS) is 18.1. The molecule has 0 aromatic carbocycles. The van der Waals surface area contributed by atoms with Gasteiger partial charge in [-0.2, -0.15) is 17.5 Å². The van der Waals surface area contributed by atoms with Crippen LogP contribution in [0.5, 0.6) is 0 Å². The number of hydrogen-bond acceptors (Lipinski definition) is 3. The molecule has 0 radical (unpaired) electrons. The van der Waals surface area contributed by atoms with E-state index in [0.29, 0.717) is 35.6 Å². The van der Waals surface area contributed by atoms with E-state index in [9.17, 15) is 21.6 Å². The molecule has 0 bridgehead atoms. The number of rotatable bonds is 9. The van der Waals surface area contributed by atoms with Crippen LogP contribution in [0.2, 0.25) is 0 Å². The number of unbranched alkanes of at least 4 members (excludes halogenated alkanes) is 1. The molecular formula is C17H33F3N4O2S. The van der Waals surface area contributed by atoms with Crippen LogP contribution in [0.4, 0.5) is 13.2 Å². The zero-order chi connectivity index (χ0) is 20.5. The molecule has 1 fully saturated rings. The van der Waals surface area contributed by atoms with Crippen molar-refractivity contribution in [2.75, 3.05) is 32.7 Å². The van der Waals surface area contributed by atoms with E-state index in [1.165, 1.54) is 6.42 Å². The Labute approximate surface area is 161 Å². The maximum atomic E-state index is 12.6. The van der Waals surface area contributed by atoms with Crippen molar-refractivity contribution in [2.45, 2.75) is 58.4 Å². The van der Waals surface area contributed by atoms with E-state index in [4.69, 9.17) is 0 Å². The molecule has 0 unspecified atom stereocenters. The number of sulfonamides is 1. The highest BCUT2D eigenvalue weighted by molar-refractivity contribution is 7.90. The van der Waals surface area contributed by atoms with Crippen molar-refractivity contribution in [3.05, 3.63) is 0 Å². The molecule has 2 N–H and O–H groups in total. The first kappa shape index (κ1) is 24.0. The SMILES string of the molecule is CCNC(=NCC1CCN(S(=O)(=O)C(F)(F)F)CC1)NCCCCC(C)C. The monoisotopic (exact) mass is 414 g/mol. The van der Waals surface area contributed by atoms with Crippen LogP contribution in [0.1, 0.15) is 52.9 Å². The van der Waals surface area contributed by atoms with E-state index in [-0.39, 0.29) is 19.0 Å². The molecule has 0 spiro atoms. The van der Waals surface area contributed by atoms with Crippen LogP contribution in [0.3, 0.4) is 0 Å². The van der Waals surface area contributed by atoms with Gasteiger partial charge in [0.2, 0.25) is 0 Å². The highest BCUT2D eigenvalue weighted by Crippen LogP contribution is 2.30. The van der Waals surface area contributed by atoms with E-state index >= 15 is 0 Å². The first-order valence-electron chi connectivity index (χ1n) is 9.66. The van der Waals surface area contributed by atoms with E-state index in [1.54, 1.807) is 0 Å². The third-order valence-corrected chi connectivity index (χ3v) is 6.19. The molecule has 10 heteroatoms. The van der Waals surface area contributed by atoms with Crippen molar-refractivity contribution in [2.24, 2.45) is 16.8 Å². The lowest BCUT2D eigenvalue weighted by molar-refractivity contribution is -0.0496. The number of nitrogens with one attached hydrogen (secondary N) is 2. The molecule has 0 atom stereocenters. The summed E-state index contributed by atoms with van der Waals surface area (Å²) in [5.41, 5.74) is -5.23. The molecule has 1 aliphatic heterocycles. The standard InChI is InChI=1S/C17H33F3N4O2S/c1-4-21-16(22-10-6-5-7-14(2)3)23-13-15-8-11-24(12-9-15)27(25,26)17(18,19)20/h14-15H,4-13H2,1-3H3,(H2,21,22,23). The van der Waals surface area contributed by atoms with Crippen LogP contribution in [-0.4, -0.2) is 56.9 Å². The van der Waals surface area contributed by atoms with Crippen molar-refractivity contribution >= 4 is 16.0 Å². The summed E-state index contributed by atoms with van der Waals surface area (Å²) in [6.07, 6.45) is 4.15. The van der Waals surface area contributed by atoms with Gasteiger partial charge in [-0.25, -0.2) is 8.42 Å². The van der Waals surface area contributed by atoms with Gasteiger partial charge in [-0.15, -0.1) is 0 Å². The van der Waals surface area contributed by atoms with Crippen LogP contribution < -0.4 is 10.6 Å². The lowest BCUT2D eigenvalue weighted by atomic mass is 9.98. The van der Waals surface area contributed by atoms with Crippen LogP contribution in [0.25, 0.3) is 0 Å². The Bertz CT molecular complexity index is 557. The molecule has 160 valence electrons. The van der Waals surface area contributed by atoms with Crippen LogP contribution in [-0.2, 0) is 10.0 Å². The Morgan fingerprint density at radius 2 is 1.81 bits per heavy atom. The number of hydrogen-bond donors (Lipinski definition) is 2. The van der Waals surface area contributed by atoms with Crippen molar-refractivity contribution in [1.29, 1.82) is 0 Å². The van der Waals surface area contributed by atoms with Crippen molar-refractivity contribution < 1.29 is 21.6 Å². The number of guanidine groups is 1. The first-order valence-corrected chi connectivity index (χ1v) is 11.1. The van der Waals surface area contributed by atoms with Gasteiger partial charge in [-0.3, -0.25) is 4.99 Å². The third-order valence-electron chi connectivity index (χ3n) is 4.56. The van der Waals surface area contributed by atoms with E-state index < -0.39 is 15.5 Å². The number of aliphatic imine (C=N–C) groups is 1. The van der Waals surface area contributed by atoms with Crippen LogP contribution in [0.15, 0.2) is 4.99 Å². The number of piperidine rings is 1. The summed E-state index contributed by atoms with van der Waals surface area (Å²) < 4.78 is 61.2. The maximum Gasteiger partial charge on any atom is 0.511 e. The zero-order valence-electron chi connectivity index (χ0n) is 16.5. The van der Waals surface area contributed by atoms with Crippen molar-refractivity contribution in [3.8, 4) is 0 Å². The molecule has 1 rings (SSSR count). The summed E-state index contributed by atoms with van der Waals surface area (Å²) >= 11 is 0. The molecule has 6 nitrogen and oxygen atoms in total. The van der Waals surface area contributed by atoms with E-state index in [2.05, 4.69) is 29.5 Å². The Hall–Kier alpha value is -1.03. The molecule has 0 aromatic heterocycles. The molecule has 0 saturated carbocycles. The predicted octanol–water partition coefficient (Wildman–Crippen LogP) is 2.93. The van der Waals surface area contributed by atoms with Gasteiger partial charge in [0.1, 0.15) is 0 Å². The minimum absolute atomic E-state index is 0.0843. The Balaban J connectivity index is 2.43. The summed E-state index contributed by atoms with van der Waals surface area (Å²) in [6.45, 7) is 8.16. The summed E-state index contributed by atoms with van der Waals surface area (Å²) in [5, 5.41) is 6.43. The smallest absolute Gasteiger partial charge is 0.357 e. The van der Waals surface area contributed by atoms with Gasteiger partial charge in [0.15, 0.2) is 5.96 Å². The second-order valence-electron chi connectivity index (χ2n) is 7.33. The molecule has 1 aliphatic rings. The second kappa shape index (κ2) is 11.1. The van der Waals surface area contributed by atoms with Crippen LogP contribution >= 0.6 is 0 Å². The molecule has 27 heavy (non-hydrogen) atoms. The zero-order valence-corrected chi connectivity index (χ0v) is 17.3. The minimum Gasteiger partial charge on any atom is -0.357 e. The molecule has 0 aliphatic carbocycles. The van der Waals surface area contributed by atoms with Gasteiger partial charge >= 0.3 is 15.5 Å². The fraction of sp³-hybridized carbons (Fsp3) is 0.941. The molecule has 1 heterocycles. The van der Waals surface area contributed by atoms with Gasteiger partial charge in [0.05, 0.1) is 0 Å². The van der Waals surface area contributed by atoms with E-state index in [0.717, 1.165) is 25.9 Å². The lowest BCUT2D eigenvalue weighted by Gasteiger charge is -2.30. The van der Waals surface area contributed by atoms with E-state index in [1.807, 2.05) is 6.92 Å². The maximum absolute atomic E-state index is 12.6. The summed E-state index contributed by atoms with van der Waals surface area (Å²) in [6, 6.07) is 0. The van der Waals surface area contributed by atoms with Gasteiger partial charge < -0.3 is 10.6 Å². The van der Waals surface area contributed by atoms with Gasteiger partial charge in [-0.05, 0) is 38.0 Å². The Morgan fingerprint density at radius 1 is 1.19 bits per heavy atom. The van der Waals surface area contributed by atoms with Gasteiger partial charge in [-0.1, -0.05) is 26.7 Å². The predicted molar refractivity (Wildman–Crippen MR) is 102 cm³/mol. The molecule has 0 amide bonds. The molecule has 1 saturated heterocycles. The summed E-state index contributed by atoms with van der Waals surface area (Å²) in [5.74, 6) is 1.48. The molecule has 0 aromatic rings. The topological polar surface area (TPSA) is 73.8 Å². The molecular weight excluding hydrogens is 381 g/mol. The Kier molecular flexibility index (Phi) is 9.86. The Morgan fingerprint density at radius 3 is 2.33 bits per heavy atom. The summed E-state index contributed by atoms with van der Waals surface area (Å²) in [7, 11) is -5.21. The highest BCUT2D eigenvalue weighted by atomic mass is 32.2. The first-order chi connectivity index (χ1) is 12.6. The van der Waals surface area contributed by atoms with Crippen molar-refractivity contribution in [3.63, 3.8) is 0 Å². The fourth-order valence-corrected chi connectivity index (χ4v) is 3.91. The minimum atomic E-state index is -5.23. The van der Waals surface area contributed by atoms with Gasteiger partial charge in [0, 0.05) is 32.7 Å². The second-order valence-corrected chi connectivity index (χ2v) is 9.26. The highest BCUT2D eigenvalue weighted by Gasteiger charge is 2.50. The number of nitrogens with zero attached hydrogens (tertiary/aromatic N) is 2. The largest absolute Gasteiger partial charge is 0.511 e. The lowest BCUT2D eigenvalue weighted by Crippen LogP contribution is -2.45. The van der Waals surface area contributed by atoms with Crippen LogP contribution in [0, 0.1) is 11.8 Å². The quantitative estimate of drug-likeness (QED) is 0.346. The summed E-state index contributed by atoms with van der Waals surface area (Å²) in [4.78, 5) is 4.51. The average molecular weight is 415 g/mol. The number of alkyl halides is 3. The van der Waals surface area contributed by atoms with Crippen molar-refractivity contribution in [1.82, 2.24) is 14.9 Å². The average Bonchev–Trinajstić information content (AvgIpc) is 2.58. The fourth-order valence-electron chi connectivity index (χ4n) is 2.93.